The predicted octanol–water partition coefficient (Wildman–Crippen LogP) is 2.14. The normalized spacial score (nSPS) is 18.2. The van der Waals surface area contributed by atoms with E-state index in [4.69, 9.17) is 5.73 Å². The molecule has 1 aromatic carbocycles. The lowest BCUT2D eigenvalue weighted by atomic mass is 9.93. The summed E-state index contributed by atoms with van der Waals surface area (Å²) in [7, 11) is 0. The van der Waals surface area contributed by atoms with Crippen LogP contribution in [-0.4, -0.2) is 23.1 Å². The Hall–Kier alpha value is -1.21. The first kappa shape index (κ1) is 12.8. The number of hydrogen-bond donors (Lipinski definition) is 1. The second-order valence-electron chi connectivity index (χ2n) is 4.59. The zero-order chi connectivity index (χ0) is 13.2. The molecule has 0 bridgehead atoms. The second-order valence-corrected chi connectivity index (χ2v) is 5.84. The number of nitrogens with zero attached hydrogens (tertiary/aromatic N) is 3. The zero-order valence-electron chi connectivity index (χ0n) is 10.5. The number of benzene rings is 1. The smallest absolute Gasteiger partial charge is 0.225 e. The van der Waals surface area contributed by atoms with Gasteiger partial charge in [-0.2, -0.15) is 0 Å². The molecule has 0 fully saturated rings. The summed E-state index contributed by atoms with van der Waals surface area (Å²) in [6.45, 7) is 1.49. The second kappa shape index (κ2) is 5.42. The quantitative estimate of drug-likeness (QED) is 0.828. The molecule has 2 aromatic rings. The highest BCUT2D eigenvalue weighted by atomic mass is 127. The van der Waals surface area contributed by atoms with Crippen molar-refractivity contribution in [3.8, 4) is 0 Å². The van der Waals surface area contributed by atoms with Crippen LogP contribution in [0.2, 0.25) is 0 Å². The van der Waals surface area contributed by atoms with Gasteiger partial charge in [0.15, 0.2) is 0 Å². The predicted molar refractivity (Wildman–Crippen MR) is 84.0 cm³/mol. The lowest BCUT2D eigenvalue weighted by Crippen LogP contribution is -2.40. The summed E-state index contributed by atoms with van der Waals surface area (Å²) in [5.74, 6) is 0.769. The molecule has 1 aromatic heterocycles. The molecule has 1 atom stereocenters. The monoisotopic (exact) mass is 366 g/mol. The number of halogens is 1. The van der Waals surface area contributed by atoms with Crippen LogP contribution in [-0.2, 0) is 6.42 Å². The third-order valence-electron chi connectivity index (χ3n) is 3.50. The van der Waals surface area contributed by atoms with E-state index in [0.29, 0.717) is 6.54 Å². The van der Waals surface area contributed by atoms with Gasteiger partial charge in [0.2, 0.25) is 5.95 Å². The van der Waals surface area contributed by atoms with E-state index in [1.165, 1.54) is 11.1 Å². The molecule has 0 amide bonds. The third-order valence-corrected chi connectivity index (χ3v) is 4.06. The van der Waals surface area contributed by atoms with Gasteiger partial charge in [0, 0.05) is 29.1 Å². The van der Waals surface area contributed by atoms with Crippen molar-refractivity contribution in [3.63, 3.8) is 0 Å². The Kier molecular flexibility index (Phi) is 3.65. The summed E-state index contributed by atoms with van der Waals surface area (Å²) in [5, 5.41) is 0. The van der Waals surface area contributed by atoms with Gasteiger partial charge >= 0.3 is 0 Å². The summed E-state index contributed by atoms with van der Waals surface area (Å²) in [4.78, 5) is 11.1. The summed E-state index contributed by atoms with van der Waals surface area (Å²) in [6, 6.07) is 8.67. The van der Waals surface area contributed by atoms with Crippen molar-refractivity contribution >= 4 is 28.5 Å². The fourth-order valence-electron chi connectivity index (χ4n) is 2.60. The standard InChI is InChI=1S/C14H15IN4/c15-11-8-17-14(18-9-11)19-6-5-10-3-1-2-4-12(10)13(19)7-16/h1-4,8-9,13H,5-7,16H2. The maximum absolute atomic E-state index is 5.98. The number of anilines is 1. The molecule has 1 aliphatic heterocycles. The Morgan fingerprint density at radius 2 is 2.00 bits per heavy atom. The highest BCUT2D eigenvalue weighted by Gasteiger charge is 2.27. The van der Waals surface area contributed by atoms with Crippen molar-refractivity contribution in [1.82, 2.24) is 9.97 Å². The Morgan fingerprint density at radius 1 is 1.26 bits per heavy atom. The van der Waals surface area contributed by atoms with Gasteiger partial charge in [-0.05, 0) is 40.1 Å². The summed E-state index contributed by atoms with van der Waals surface area (Å²) in [6.07, 6.45) is 4.70. The topological polar surface area (TPSA) is 55.0 Å². The highest BCUT2D eigenvalue weighted by Crippen LogP contribution is 2.31. The summed E-state index contributed by atoms with van der Waals surface area (Å²) >= 11 is 2.21. The molecular formula is C14H15IN4. The van der Waals surface area contributed by atoms with Crippen molar-refractivity contribution < 1.29 is 0 Å². The first-order valence-electron chi connectivity index (χ1n) is 6.31. The molecule has 0 saturated carbocycles. The first-order chi connectivity index (χ1) is 9.29. The maximum atomic E-state index is 5.98. The van der Waals surface area contributed by atoms with Gasteiger partial charge in [0.1, 0.15) is 0 Å². The van der Waals surface area contributed by atoms with Crippen LogP contribution in [0.1, 0.15) is 17.2 Å². The Morgan fingerprint density at radius 3 is 2.74 bits per heavy atom. The molecule has 0 radical (unpaired) electrons. The van der Waals surface area contributed by atoms with Crippen LogP contribution in [0.25, 0.3) is 0 Å². The highest BCUT2D eigenvalue weighted by molar-refractivity contribution is 14.1. The summed E-state index contributed by atoms with van der Waals surface area (Å²) < 4.78 is 1.04. The molecule has 1 unspecified atom stereocenters. The van der Waals surface area contributed by atoms with Gasteiger partial charge in [0.25, 0.3) is 0 Å². The van der Waals surface area contributed by atoms with Crippen LogP contribution in [0, 0.1) is 3.57 Å². The molecule has 19 heavy (non-hydrogen) atoms. The van der Waals surface area contributed by atoms with Crippen molar-refractivity contribution in [2.75, 3.05) is 18.0 Å². The average Bonchev–Trinajstić information content (AvgIpc) is 2.47. The molecule has 0 saturated heterocycles. The summed E-state index contributed by atoms with van der Waals surface area (Å²) in [5.41, 5.74) is 8.67. The van der Waals surface area contributed by atoms with Gasteiger partial charge in [-0.25, -0.2) is 9.97 Å². The van der Waals surface area contributed by atoms with E-state index < -0.39 is 0 Å². The molecule has 2 heterocycles. The molecule has 2 N–H and O–H groups in total. The first-order valence-corrected chi connectivity index (χ1v) is 7.39. The minimum Gasteiger partial charge on any atom is -0.332 e. The maximum Gasteiger partial charge on any atom is 0.225 e. The van der Waals surface area contributed by atoms with Gasteiger partial charge in [0.05, 0.1) is 6.04 Å². The fraction of sp³-hybridized carbons (Fsp3) is 0.286. The van der Waals surface area contributed by atoms with E-state index in [-0.39, 0.29) is 6.04 Å². The zero-order valence-corrected chi connectivity index (χ0v) is 12.6. The molecule has 3 rings (SSSR count). The minimum absolute atomic E-state index is 0.171. The van der Waals surface area contributed by atoms with E-state index in [1.807, 2.05) is 12.4 Å². The number of aromatic nitrogens is 2. The molecule has 4 nitrogen and oxygen atoms in total. The lowest BCUT2D eigenvalue weighted by molar-refractivity contribution is 0.576. The van der Waals surface area contributed by atoms with Crippen LogP contribution in [0.4, 0.5) is 5.95 Å². The van der Waals surface area contributed by atoms with E-state index in [1.54, 1.807) is 0 Å². The van der Waals surface area contributed by atoms with Crippen LogP contribution in [0.5, 0.6) is 0 Å². The van der Waals surface area contributed by atoms with Gasteiger partial charge in [-0.3, -0.25) is 0 Å². The minimum atomic E-state index is 0.171. The molecule has 0 spiro atoms. The Bertz CT molecular complexity index is 570. The van der Waals surface area contributed by atoms with Gasteiger partial charge < -0.3 is 10.6 Å². The Labute approximate surface area is 126 Å². The number of fused-ring (bicyclic) bond motifs is 1. The van der Waals surface area contributed by atoms with E-state index >= 15 is 0 Å². The van der Waals surface area contributed by atoms with Crippen molar-refractivity contribution in [1.29, 1.82) is 0 Å². The van der Waals surface area contributed by atoms with Crippen LogP contribution >= 0.6 is 22.6 Å². The van der Waals surface area contributed by atoms with Gasteiger partial charge in [-0.1, -0.05) is 24.3 Å². The molecule has 5 heteroatoms. The average molecular weight is 366 g/mol. The largest absolute Gasteiger partial charge is 0.332 e. The third kappa shape index (κ3) is 2.44. The number of hydrogen-bond acceptors (Lipinski definition) is 4. The number of rotatable bonds is 2. The molecule has 0 aliphatic carbocycles. The van der Waals surface area contributed by atoms with Crippen molar-refractivity contribution in [2.45, 2.75) is 12.5 Å². The van der Waals surface area contributed by atoms with E-state index in [2.05, 4.69) is 61.7 Å². The van der Waals surface area contributed by atoms with E-state index in [9.17, 15) is 0 Å². The van der Waals surface area contributed by atoms with Crippen molar-refractivity contribution in [2.24, 2.45) is 5.73 Å². The lowest BCUT2D eigenvalue weighted by Gasteiger charge is -2.36. The molecule has 1 aliphatic rings. The number of nitrogens with two attached hydrogens (primary N) is 1. The Balaban J connectivity index is 1.98. The van der Waals surface area contributed by atoms with Crippen LogP contribution in [0.3, 0.4) is 0 Å². The SMILES string of the molecule is NCC1c2ccccc2CCN1c1ncc(I)cn1. The van der Waals surface area contributed by atoms with Gasteiger partial charge in [-0.15, -0.1) is 0 Å². The van der Waals surface area contributed by atoms with Crippen LogP contribution < -0.4 is 10.6 Å². The molecule has 98 valence electrons. The fourth-order valence-corrected chi connectivity index (χ4v) is 2.88. The van der Waals surface area contributed by atoms with Crippen molar-refractivity contribution in [3.05, 3.63) is 51.4 Å². The molecular weight excluding hydrogens is 351 g/mol. The van der Waals surface area contributed by atoms with E-state index in [0.717, 1.165) is 22.5 Å². The van der Waals surface area contributed by atoms with Crippen LogP contribution in [0.15, 0.2) is 36.7 Å².